The maximum absolute atomic E-state index is 14.1. The summed E-state index contributed by atoms with van der Waals surface area (Å²) in [5, 5.41) is 9.07. The molecule has 4 amide bonds. The number of carbonyl (C=O) groups is 4. The van der Waals surface area contributed by atoms with Crippen LogP contribution in [0.25, 0.3) is 0 Å². The molecule has 12 nitrogen and oxygen atoms in total. The van der Waals surface area contributed by atoms with Crippen molar-refractivity contribution < 1.29 is 28.7 Å². The Bertz CT molecular complexity index is 1180. The van der Waals surface area contributed by atoms with Gasteiger partial charge < -0.3 is 35.2 Å². The molecule has 1 aromatic heterocycles. The number of nitrogens with one attached hydrogen (secondary N) is 3. The quantitative estimate of drug-likeness (QED) is 0.190. The molecule has 0 spiro atoms. The van der Waals surface area contributed by atoms with Gasteiger partial charge in [0.1, 0.15) is 6.04 Å². The van der Waals surface area contributed by atoms with Crippen LogP contribution in [0.4, 0.5) is 0 Å². The fourth-order valence-corrected chi connectivity index (χ4v) is 7.09. The van der Waals surface area contributed by atoms with Crippen molar-refractivity contribution in [2.24, 2.45) is 23.7 Å². The van der Waals surface area contributed by atoms with E-state index in [1.54, 1.807) is 45.6 Å². The van der Waals surface area contributed by atoms with Crippen LogP contribution in [0.5, 0.6) is 0 Å². The number of likely N-dealkylation sites (N-methyl/N-ethyl adjacent to an activating group) is 2. The van der Waals surface area contributed by atoms with E-state index in [0.29, 0.717) is 19.5 Å². The van der Waals surface area contributed by atoms with Gasteiger partial charge in [-0.1, -0.05) is 54.9 Å². The van der Waals surface area contributed by atoms with Gasteiger partial charge in [0.15, 0.2) is 0 Å². The summed E-state index contributed by atoms with van der Waals surface area (Å²) in [7, 11) is 6.64. The number of aromatic nitrogens is 1. The summed E-state index contributed by atoms with van der Waals surface area (Å²) in [5.41, 5.74) is 1.09. The minimum absolute atomic E-state index is 0.00732. The van der Waals surface area contributed by atoms with E-state index >= 15 is 0 Å². The van der Waals surface area contributed by atoms with Crippen LogP contribution in [0.15, 0.2) is 24.5 Å². The molecule has 2 rings (SSSR count). The molecular formula is C37H64N6O6. The van der Waals surface area contributed by atoms with Crippen molar-refractivity contribution in [3.63, 3.8) is 0 Å². The van der Waals surface area contributed by atoms with E-state index in [9.17, 15) is 19.2 Å². The zero-order valence-corrected chi connectivity index (χ0v) is 31.8. The van der Waals surface area contributed by atoms with E-state index in [4.69, 9.17) is 9.47 Å². The summed E-state index contributed by atoms with van der Waals surface area (Å²) in [4.78, 5) is 62.0. The lowest BCUT2D eigenvalue weighted by Crippen LogP contribution is -2.59. The van der Waals surface area contributed by atoms with Crippen molar-refractivity contribution in [3.8, 4) is 0 Å². The first-order valence-corrected chi connectivity index (χ1v) is 18.0. The van der Waals surface area contributed by atoms with Crippen LogP contribution < -0.4 is 16.0 Å². The van der Waals surface area contributed by atoms with Crippen LogP contribution in [0.1, 0.15) is 79.7 Å². The number of nitrogens with zero attached hydrogens (tertiary/aromatic N) is 3. The molecule has 0 saturated carbocycles. The van der Waals surface area contributed by atoms with Gasteiger partial charge in [0.2, 0.25) is 23.6 Å². The number of amides is 4. The maximum atomic E-state index is 14.1. The van der Waals surface area contributed by atoms with Crippen LogP contribution in [-0.4, -0.2) is 116 Å². The second kappa shape index (κ2) is 20.6. The summed E-state index contributed by atoms with van der Waals surface area (Å²) in [6.07, 6.45) is 5.45. The maximum Gasteiger partial charge on any atom is 0.245 e. The molecule has 1 aliphatic rings. The Morgan fingerprint density at radius 2 is 1.61 bits per heavy atom. The molecule has 8 atom stereocenters. The third kappa shape index (κ3) is 11.5. The molecule has 1 saturated heterocycles. The minimum Gasteiger partial charge on any atom is -0.379 e. The summed E-state index contributed by atoms with van der Waals surface area (Å²) in [6, 6.07) is 2.00. The van der Waals surface area contributed by atoms with Crippen LogP contribution in [0.2, 0.25) is 0 Å². The SMILES string of the molecule is CC[C@H](C)[C@@H]([C@@H](CC(=O)N1CCC[C@H]1[C@H](OC)[C@@H](C)C(=O)NCCc1ccncc1)OC)N(C)C(=O)[C@@H](NC(=O)[C@@H](NC)C(C)C)C(C)C. The minimum atomic E-state index is -0.741. The predicted molar refractivity (Wildman–Crippen MR) is 192 cm³/mol. The van der Waals surface area contributed by atoms with Crippen molar-refractivity contribution in [3.05, 3.63) is 30.1 Å². The van der Waals surface area contributed by atoms with E-state index in [0.717, 1.165) is 24.8 Å². The summed E-state index contributed by atoms with van der Waals surface area (Å²) in [6.45, 7) is 14.7. The van der Waals surface area contributed by atoms with Gasteiger partial charge >= 0.3 is 0 Å². The highest BCUT2D eigenvalue weighted by molar-refractivity contribution is 5.90. The number of likely N-dealkylation sites (tertiary alicyclic amines) is 1. The van der Waals surface area contributed by atoms with Gasteiger partial charge in [-0.15, -0.1) is 0 Å². The number of hydrogen-bond donors (Lipinski definition) is 3. The third-order valence-electron chi connectivity index (χ3n) is 10.2. The van der Waals surface area contributed by atoms with Gasteiger partial charge in [0.25, 0.3) is 0 Å². The lowest BCUT2D eigenvalue weighted by molar-refractivity contribution is -0.147. The highest BCUT2D eigenvalue weighted by Crippen LogP contribution is 2.29. The zero-order chi connectivity index (χ0) is 36.8. The summed E-state index contributed by atoms with van der Waals surface area (Å²) >= 11 is 0. The molecular weight excluding hydrogens is 624 g/mol. The first-order valence-electron chi connectivity index (χ1n) is 18.0. The number of ether oxygens (including phenoxy) is 2. The number of hydrogen-bond acceptors (Lipinski definition) is 8. The van der Waals surface area contributed by atoms with Crippen molar-refractivity contribution in [2.45, 2.75) is 117 Å². The first-order chi connectivity index (χ1) is 23.2. The van der Waals surface area contributed by atoms with Gasteiger partial charge in [0.05, 0.1) is 42.7 Å². The Morgan fingerprint density at radius 3 is 2.14 bits per heavy atom. The fraction of sp³-hybridized carbons (Fsp3) is 0.757. The van der Waals surface area contributed by atoms with Gasteiger partial charge in [0, 0.05) is 46.8 Å². The molecule has 1 aromatic rings. The number of pyridine rings is 1. The molecule has 0 unspecified atom stereocenters. The third-order valence-corrected chi connectivity index (χ3v) is 10.2. The first kappa shape index (κ1) is 42.1. The molecule has 49 heavy (non-hydrogen) atoms. The molecule has 0 bridgehead atoms. The van der Waals surface area contributed by atoms with Crippen molar-refractivity contribution >= 4 is 23.6 Å². The van der Waals surface area contributed by atoms with Gasteiger partial charge in [-0.3, -0.25) is 24.2 Å². The summed E-state index contributed by atoms with van der Waals surface area (Å²) in [5.74, 6) is -1.24. The van der Waals surface area contributed by atoms with E-state index in [1.165, 1.54) is 0 Å². The van der Waals surface area contributed by atoms with E-state index in [2.05, 4.69) is 34.8 Å². The second-order valence-electron chi connectivity index (χ2n) is 14.2. The van der Waals surface area contributed by atoms with Crippen LogP contribution in [-0.2, 0) is 35.1 Å². The Morgan fingerprint density at radius 1 is 0.980 bits per heavy atom. The summed E-state index contributed by atoms with van der Waals surface area (Å²) < 4.78 is 11.9. The van der Waals surface area contributed by atoms with Crippen LogP contribution in [0.3, 0.4) is 0 Å². The van der Waals surface area contributed by atoms with E-state index < -0.39 is 36.3 Å². The molecule has 1 fully saturated rings. The Balaban J connectivity index is 2.20. The molecule has 0 radical (unpaired) electrons. The van der Waals surface area contributed by atoms with Crippen molar-refractivity contribution in [1.82, 2.24) is 30.7 Å². The number of methoxy groups -OCH3 is 2. The van der Waals surface area contributed by atoms with Crippen molar-refractivity contribution in [2.75, 3.05) is 41.4 Å². The van der Waals surface area contributed by atoms with Crippen LogP contribution in [0, 0.1) is 23.7 Å². The molecule has 0 aromatic carbocycles. The van der Waals surface area contributed by atoms with Gasteiger partial charge in [-0.05, 0) is 61.8 Å². The Kier molecular flexibility index (Phi) is 17.6. The lowest BCUT2D eigenvalue weighted by Gasteiger charge is -2.41. The molecule has 12 heteroatoms. The van der Waals surface area contributed by atoms with Gasteiger partial charge in [-0.25, -0.2) is 0 Å². The molecule has 2 heterocycles. The van der Waals surface area contributed by atoms with E-state index in [-0.39, 0.29) is 53.8 Å². The normalized spacial score (nSPS) is 19.1. The van der Waals surface area contributed by atoms with Gasteiger partial charge in [-0.2, -0.15) is 0 Å². The zero-order valence-electron chi connectivity index (χ0n) is 31.8. The second-order valence-corrected chi connectivity index (χ2v) is 14.2. The monoisotopic (exact) mass is 688 g/mol. The number of rotatable bonds is 20. The largest absolute Gasteiger partial charge is 0.379 e. The Labute approximate surface area is 294 Å². The Hall–Kier alpha value is -3.09. The van der Waals surface area contributed by atoms with Crippen LogP contribution >= 0.6 is 0 Å². The predicted octanol–water partition coefficient (Wildman–Crippen LogP) is 3.05. The highest BCUT2D eigenvalue weighted by atomic mass is 16.5. The molecule has 0 aliphatic carbocycles. The molecule has 3 N–H and O–H groups in total. The average molecular weight is 689 g/mol. The fourth-order valence-electron chi connectivity index (χ4n) is 7.09. The van der Waals surface area contributed by atoms with E-state index in [1.807, 2.05) is 51.7 Å². The smallest absolute Gasteiger partial charge is 0.245 e. The molecule has 278 valence electrons. The lowest BCUT2D eigenvalue weighted by atomic mass is 9.89. The average Bonchev–Trinajstić information content (AvgIpc) is 3.56. The van der Waals surface area contributed by atoms with Crippen molar-refractivity contribution in [1.29, 1.82) is 0 Å². The highest BCUT2D eigenvalue weighted by Gasteiger charge is 2.43. The number of carbonyl (C=O) groups excluding carboxylic acids is 4. The standard InChI is InChI=1S/C37H64N6O6/c1-12-25(6)33(42(9)37(47)32(24(4)5)41-36(46)31(38-8)23(2)3)29(48-10)22-30(44)43-21-13-14-28(43)34(49-11)26(7)35(45)40-20-17-27-15-18-39-19-16-27/h15-16,18-19,23-26,28-29,31-34,38H,12-14,17,20-22H2,1-11H3,(H,40,45)(H,41,46)/t25-,26+,28-,29+,31-,32-,33-,34+/m0/s1. The molecule has 1 aliphatic heterocycles. The topological polar surface area (TPSA) is 142 Å².